The van der Waals surface area contributed by atoms with Gasteiger partial charge in [-0.2, -0.15) is 5.26 Å². The maximum atomic E-state index is 9.77. The van der Waals surface area contributed by atoms with Gasteiger partial charge < -0.3 is 9.47 Å². The van der Waals surface area contributed by atoms with Crippen LogP contribution < -0.4 is 20.2 Å². The maximum absolute atomic E-state index is 9.77. The molecule has 0 unspecified atom stereocenters. The number of nitrogens with zero attached hydrogens (tertiary/aromatic N) is 1. The molecule has 0 atom stereocenters. The summed E-state index contributed by atoms with van der Waals surface area (Å²) in [5.41, 5.74) is 11.8. The lowest BCUT2D eigenvalue weighted by molar-refractivity contribution is -0.374. The number of aromatic nitrogens is 1. The second-order valence-corrected chi connectivity index (χ2v) is 8.16. The molecule has 2 aromatic carbocycles. The smallest absolute Gasteiger partial charge is 0.289 e. The summed E-state index contributed by atoms with van der Waals surface area (Å²) >= 11 is 3.50. The van der Waals surface area contributed by atoms with Crippen molar-refractivity contribution in [2.24, 2.45) is 0 Å². The quantitative estimate of drug-likeness (QED) is 0.584. The SMILES string of the molecule is COc1cc(-c2c(C#N)c(N)[nH+]c3c2CCCC3)ccc1COc1ccccc1Br. The third-order valence-corrected chi connectivity index (χ3v) is 6.14. The lowest BCUT2D eigenvalue weighted by Gasteiger charge is -2.19. The summed E-state index contributed by atoms with van der Waals surface area (Å²) in [7, 11) is 1.65. The Morgan fingerprint density at radius 1 is 1.13 bits per heavy atom. The van der Waals surface area contributed by atoms with E-state index in [4.69, 9.17) is 15.2 Å². The van der Waals surface area contributed by atoms with Crippen molar-refractivity contribution in [1.29, 1.82) is 5.26 Å². The van der Waals surface area contributed by atoms with E-state index in [1.54, 1.807) is 7.11 Å². The van der Waals surface area contributed by atoms with Crippen molar-refractivity contribution in [1.82, 2.24) is 0 Å². The summed E-state index contributed by atoms with van der Waals surface area (Å²) in [5, 5.41) is 9.77. The third kappa shape index (κ3) is 3.86. The Kier molecular flexibility index (Phi) is 5.91. The average Bonchev–Trinajstić information content (AvgIpc) is 2.77. The van der Waals surface area contributed by atoms with E-state index in [-0.39, 0.29) is 0 Å². The zero-order valence-corrected chi connectivity index (χ0v) is 18.4. The van der Waals surface area contributed by atoms with Crippen LogP contribution in [-0.2, 0) is 19.4 Å². The first-order chi connectivity index (χ1) is 14.6. The predicted molar refractivity (Wildman–Crippen MR) is 119 cm³/mol. The molecule has 0 spiro atoms. The zero-order valence-electron chi connectivity index (χ0n) is 16.8. The van der Waals surface area contributed by atoms with Crippen molar-refractivity contribution in [3.05, 3.63) is 69.3 Å². The molecule has 0 bridgehead atoms. The van der Waals surface area contributed by atoms with Crippen LogP contribution >= 0.6 is 15.9 Å². The standard InChI is InChI=1S/C24H22BrN3O2/c1-29-22-12-15(10-11-16(22)14-30-21-9-5-3-7-19(21)25)23-17-6-2-4-8-20(17)28-24(27)18(23)13-26/h3,5,7,9-12H,2,4,6,8,14H2,1H3,(H2,27,28)/p+1. The molecule has 4 rings (SSSR count). The molecule has 1 aliphatic carbocycles. The van der Waals surface area contributed by atoms with Crippen molar-refractivity contribution in [3.63, 3.8) is 0 Å². The summed E-state index contributed by atoms with van der Waals surface area (Å²) in [6, 6.07) is 16.0. The topological polar surface area (TPSA) is 82.4 Å². The first-order valence-electron chi connectivity index (χ1n) is 9.93. The molecule has 30 heavy (non-hydrogen) atoms. The van der Waals surface area contributed by atoms with E-state index in [1.165, 1.54) is 5.56 Å². The lowest BCUT2D eigenvalue weighted by Crippen LogP contribution is -2.24. The second kappa shape index (κ2) is 8.76. The number of ether oxygens (including phenoxy) is 2. The van der Waals surface area contributed by atoms with Crippen LogP contribution in [0.4, 0.5) is 5.82 Å². The fraction of sp³-hybridized carbons (Fsp3) is 0.250. The molecule has 3 N–H and O–H groups in total. The summed E-state index contributed by atoms with van der Waals surface area (Å²) in [4.78, 5) is 3.24. The minimum Gasteiger partial charge on any atom is -0.496 e. The number of aryl methyl sites for hydroxylation is 1. The lowest BCUT2D eigenvalue weighted by atomic mass is 9.86. The number of para-hydroxylation sites is 1. The monoisotopic (exact) mass is 464 g/mol. The first-order valence-corrected chi connectivity index (χ1v) is 10.7. The van der Waals surface area contributed by atoms with Gasteiger partial charge in [0.25, 0.3) is 5.82 Å². The number of aromatic amines is 1. The van der Waals surface area contributed by atoms with E-state index in [9.17, 15) is 5.26 Å². The highest BCUT2D eigenvalue weighted by atomic mass is 79.9. The maximum Gasteiger partial charge on any atom is 0.289 e. The molecule has 0 aliphatic heterocycles. The van der Waals surface area contributed by atoms with Gasteiger partial charge in [-0.1, -0.05) is 24.3 Å². The highest BCUT2D eigenvalue weighted by Gasteiger charge is 2.25. The molecule has 1 heterocycles. The van der Waals surface area contributed by atoms with Crippen molar-refractivity contribution in [2.75, 3.05) is 12.8 Å². The molecule has 0 amide bonds. The zero-order chi connectivity index (χ0) is 21.1. The van der Waals surface area contributed by atoms with Gasteiger partial charge in [0.05, 0.1) is 11.6 Å². The van der Waals surface area contributed by atoms with E-state index in [0.717, 1.165) is 64.0 Å². The number of H-pyrrole nitrogens is 1. The minimum atomic E-state index is 0.375. The molecule has 5 nitrogen and oxygen atoms in total. The number of nitriles is 1. The highest BCUT2D eigenvalue weighted by Crippen LogP contribution is 2.37. The fourth-order valence-electron chi connectivity index (χ4n) is 4.00. The van der Waals surface area contributed by atoms with Gasteiger partial charge in [-0.3, -0.25) is 5.73 Å². The van der Waals surface area contributed by atoms with Crippen molar-refractivity contribution >= 4 is 21.7 Å². The predicted octanol–water partition coefficient (Wildman–Crippen LogP) is 4.85. The molecule has 3 aromatic rings. The summed E-state index contributed by atoms with van der Waals surface area (Å²) < 4.78 is 12.5. The van der Waals surface area contributed by atoms with Gasteiger partial charge in [-0.15, -0.1) is 0 Å². The molecule has 1 aromatic heterocycles. The normalized spacial score (nSPS) is 12.7. The Morgan fingerprint density at radius 3 is 2.70 bits per heavy atom. The van der Waals surface area contributed by atoms with E-state index < -0.39 is 0 Å². The van der Waals surface area contributed by atoms with Crippen molar-refractivity contribution in [2.45, 2.75) is 32.3 Å². The molecule has 0 saturated carbocycles. The van der Waals surface area contributed by atoms with Crippen LogP contribution in [0.2, 0.25) is 0 Å². The summed E-state index contributed by atoms with van der Waals surface area (Å²) in [5.74, 6) is 1.92. The van der Waals surface area contributed by atoms with Crippen LogP contribution in [0.15, 0.2) is 46.9 Å². The Hall–Kier alpha value is -3.04. The van der Waals surface area contributed by atoms with E-state index in [1.807, 2.05) is 42.5 Å². The summed E-state index contributed by atoms with van der Waals surface area (Å²) in [6.07, 6.45) is 4.12. The molecule has 6 heteroatoms. The minimum absolute atomic E-state index is 0.375. The van der Waals surface area contributed by atoms with Crippen LogP contribution in [0.5, 0.6) is 11.5 Å². The van der Waals surface area contributed by atoms with Crippen LogP contribution in [-0.4, -0.2) is 7.11 Å². The second-order valence-electron chi connectivity index (χ2n) is 7.31. The fourth-order valence-corrected chi connectivity index (χ4v) is 4.40. The molecule has 1 aliphatic rings. The van der Waals surface area contributed by atoms with E-state index in [0.29, 0.717) is 18.0 Å². The Morgan fingerprint density at radius 2 is 1.93 bits per heavy atom. The largest absolute Gasteiger partial charge is 0.496 e. The molecule has 0 fully saturated rings. The highest BCUT2D eigenvalue weighted by molar-refractivity contribution is 9.10. The van der Waals surface area contributed by atoms with Crippen LogP contribution in [0.1, 0.15) is 35.2 Å². The Labute approximate surface area is 184 Å². The number of hydrogen-bond donors (Lipinski definition) is 1. The number of benzene rings is 2. The van der Waals surface area contributed by atoms with Crippen molar-refractivity contribution in [3.8, 4) is 28.7 Å². The van der Waals surface area contributed by atoms with E-state index in [2.05, 4.69) is 27.0 Å². The van der Waals surface area contributed by atoms with Gasteiger partial charge in [0.15, 0.2) is 0 Å². The number of nitrogens with two attached hydrogens (primary N) is 1. The molecular formula is C24H23BrN3O2+. The Balaban J connectivity index is 1.73. The molecule has 152 valence electrons. The number of halogens is 1. The van der Waals surface area contributed by atoms with E-state index >= 15 is 0 Å². The number of rotatable bonds is 5. The number of methoxy groups -OCH3 is 1. The number of nitrogens with one attached hydrogen (secondary N) is 1. The number of anilines is 1. The molecule has 0 radical (unpaired) electrons. The van der Waals surface area contributed by atoms with Crippen LogP contribution in [0.3, 0.4) is 0 Å². The number of pyridine rings is 1. The average molecular weight is 465 g/mol. The summed E-state index contributed by atoms with van der Waals surface area (Å²) in [6.45, 7) is 0.375. The molecule has 0 saturated heterocycles. The van der Waals surface area contributed by atoms with Crippen LogP contribution in [0.25, 0.3) is 11.1 Å². The van der Waals surface area contributed by atoms with Gasteiger partial charge in [-0.05, 0) is 59.0 Å². The van der Waals surface area contributed by atoms with Gasteiger partial charge in [-0.25, -0.2) is 4.98 Å². The third-order valence-electron chi connectivity index (χ3n) is 5.48. The van der Waals surface area contributed by atoms with Gasteiger partial charge in [0.2, 0.25) is 0 Å². The Bertz CT molecular complexity index is 1140. The van der Waals surface area contributed by atoms with Gasteiger partial charge >= 0.3 is 0 Å². The van der Waals surface area contributed by atoms with Gasteiger partial charge in [0, 0.05) is 23.1 Å². The van der Waals surface area contributed by atoms with Crippen LogP contribution in [0, 0.1) is 11.3 Å². The number of fused-ring (bicyclic) bond motifs is 1. The van der Waals surface area contributed by atoms with Gasteiger partial charge in [0.1, 0.15) is 35.4 Å². The van der Waals surface area contributed by atoms with Crippen molar-refractivity contribution < 1.29 is 14.5 Å². The number of hydrogen-bond acceptors (Lipinski definition) is 4. The number of nitrogen functional groups attached to an aromatic ring is 1. The first kappa shape index (κ1) is 20.2. The molecular weight excluding hydrogens is 442 g/mol.